The molecule has 1 aliphatic heterocycles. The Morgan fingerprint density at radius 1 is 1.21 bits per heavy atom. The van der Waals surface area contributed by atoms with E-state index in [1.807, 2.05) is 37.3 Å². The molecule has 0 unspecified atom stereocenters. The molecule has 0 amide bonds. The van der Waals surface area contributed by atoms with Crippen LogP contribution in [0.3, 0.4) is 0 Å². The molecule has 1 aliphatic rings. The van der Waals surface area contributed by atoms with Crippen LogP contribution in [0.25, 0.3) is 0 Å². The van der Waals surface area contributed by atoms with E-state index in [4.69, 9.17) is 5.73 Å². The van der Waals surface area contributed by atoms with E-state index in [0.717, 1.165) is 5.69 Å². The van der Waals surface area contributed by atoms with Gasteiger partial charge in [-0.05, 0) is 25.5 Å². The van der Waals surface area contributed by atoms with Crippen LogP contribution in [-0.4, -0.2) is 40.9 Å². The van der Waals surface area contributed by atoms with Gasteiger partial charge in [0, 0.05) is 11.7 Å². The number of para-hydroxylation sites is 1. The first-order valence-corrected chi connectivity index (χ1v) is 9.53. The summed E-state index contributed by atoms with van der Waals surface area (Å²) in [4.78, 5) is 12.6. The first-order chi connectivity index (χ1) is 11.4. The molecule has 128 valence electrons. The highest BCUT2D eigenvalue weighted by Gasteiger charge is 2.29. The van der Waals surface area contributed by atoms with Crippen LogP contribution in [-0.2, 0) is 9.84 Å². The van der Waals surface area contributed by atoms with Crippen LogP contribution < -0.4 is 16.4 Å². The lowest BCUT2D eigenvalue weighted by Gasteiger charge is -2.18. The van der Waals surface area contributed by atoms with Gasteiger partial charge in [0.1, 0.15) is 0 Å². The molecule has 4 N–H and O–H groups in total. The predicted molar refractivity (Wildman–Crippen MR) is 92.6 cm³/mol. The number of hydrogen-bond donors (Lipinski definition) is 3. The number of hydrogen-bond acceptors (Lipinski definition) is 8. The van der Waals surface area contributed by atoms with Gasteiger partial charge in [0.05, 0.1) is 17.5 Å². The lowest BCUT2D eigenvalue weighted by molar-refractivity contribution is 0.468. The molecule has 3 rings (SSSR count). The molecule has 0 aliphatic carbocycles. The zero-order chi connectivity index (χ0) is 17.2. The molecule has 2 heterocycles. The van der Waals surface area contributed by atoms with Crippen LogP contribution in [0.5, 0.6) is 0 Å². The number of nitrogens with zero attached hydrogens (tertiary/aromatic N) is 3. The maximum Gasteiger partial charge on any atom is 0.232 e. The summed E-state index contributed by atoms with van der Waals surface area (Å²) in [7, 11) is -2.93. The van der Waals surface area contributed by atoms with Crippen molar-refractivity contribution in [3.05, 3.63) is 36.2 Å². The number of nitrogen functional groups attached to an aromatic ring is 1. The fourth-order valence-corrected chi connectivity index (χ4v) is 4.35. The number of sulfone groups is 1. The lowest BCUT2D eigenvalue weighted by atomic mass is 10.2. The van der Waals surface area contributed by atoms with Gasteiger partial charge in [-0.2, -0.15) is 15.0 Å². The molecule has 9 heteroatoms. The Kier molecular flexibility index (Phi) is 4.63. The third kappa shape index (κ3) is 4.18. The zero-order valence-corrected chi connectivity index (χ0v) is 14.1. The third-order valence-electron chi connectivity index (χ3n) is 3.81. The lowest BCUT2D eigenvalue weighted by Crippen LogP contribution is -2.33. The summed E-state index contributed by atoms with van der Waals surface area (Å²) in [5, 5.41) is 6.33. The molecule has 1 fully saturated rings. The number of aromatic nitrogens is 3. The van der Waals surface area contributed by atoms with E-state index in [9.17, 15) is 8.42 Å². The second-order valence-corrected chi connectivity index (χ2v) is 8.08. The number of rotatable bonds is 5. The van der Waals surface area contributed by atoms with Crippen LogP contribution in [0.4, 0.5) is 17.6 Å². The van der Waals surface area contributed by atoms with Crippen LogP contribution in [0, 0.1) is 0 Å². The van der Waals surface area contributed by atoms with E-state index in [1.54, 1.807) is 0 Å². The van der Waals surface area contributed by atoms with Crippen molar-refractivity contribution in [2.75, 3.05) is 22.6 Å². The molecule has 2 aromatic rings. The van der Waals surface area contributed by atoms with E-state index in [0.29, 0.717) is 18.2 Å². The first-order valence-electron chi connectivity index (χ1n) is 7.71. The average Bonchev–Trinajstić information content (AvgIpc) is 2.86. The molecule has 0 radical (unpaired) electrons. The molecule has 0 bridgehead atoms. The van der Waals surface area contributed by atoms with Crippen molar-refractivity contribution in [1.29, 1.82) is 0 Å². The molecule has 1 saturated heterocycles. The van der Waals surface area contributed by atoms with E-state index in [2.05, 4.69) is 25.6 Å². The zero-order valence-electron chi connectivity index (χ0n) is 13.3. The molecule has 0 spiro atoms. The maximum absolute atomic E-state index is 11.6. The van der Waals surface area contributed by atoms with Crippen LogP contribution in [0.2, 0.25) is 0 Å². The molecule has 8 nitrogen and oxygen atoms in total. The molecular weight excluding hydrogens is 328 g/mol. The Bertz CT molecular complexity index is 812. The Balaban J connectivity index is 1.73. The Hall–Kier alpha value is -2.26. The first kappa shape index (κ1) is 16.6. The van der Waals surface area contributed by atoms with Gasteiger partial charge in [-0.1, -0.05) is 18.2 Å². The SMILES string of the molecule is C[C@H](N[C@@H]1CCS(=O)(=O)C1)c1nc(N)nc(Nc2ccccc2)n1. The second-order valence-electron chi connectivity index (χ2n) is 5.85. The highest BCUT2D eigenvalue weighted by Crippen LogP contribution is 2.18. The molecule has 2 atom stereocenters. The quantitative estimate of drug-likeness (QED) is 0.732. The molecule has 1 aromatic heterocycles. The van der Waals surface area contributed by atoms with Gasteiger partial charge in [-0.3, -0.25) is 0 Å². The highest BCUT2D eigenvalue weighted by molar-refractivity contribution is 7.91. The fourth-order valence-electron chi connectivity index (χ4n) is 2.66. The van der Waals surface area contributed by atoms with Gasteiger partial charge in [-0.15, -0.1) is 0 Å². The summed E-state index contributed by atoms with van der Waals surface area (Å²) in [6.45, 7) is 1.88. The minimum Gasteiger partial charge on any atom is -0.368 e. The predicted octanol–water partition coefficient (Wildman–Crippen LogP) is 1.04. The smallest absolute Gasteiger partial charge is 0.232 e. The highest BCUT2D eigenvalue weighted by atomic mass is 32.2. The fraction of sp³-hybridized carbons (Fsp3) is 0.400. The molecule has 24 heavy (non-hydrogen) atoms. The van der Waals surface area contributed by atoms with Gasteiger partial charge < -0.3 is 16.4 Å². The average molecular weight is 348 g/mol. The number of benzene rings is 1. The van der Waals surface area contributed by atoms with Gasteiger partial charge in [-0.25, -0.2) is 8.42 Å². The van der Waals surface area contributed by atoms with E-state index < -0.39 is 9.84 Å². The summed E-state index contributed by atoms with van der Waals surface area (Å²) >= 11 is 0. The summed E-state index contributed by atoms with van der Waals surface area (Å²) in [5.74, 6) is 1.32. The minimum atomic E-state index is -2.93. The van der Waals surface area contributed by atoms with E-state index in [1.165, 1.54) is 0 Å². The molecular formula is C15H20N6O2S. The van der Waals surface area contributed by atoms with Crippen LogP contribution in [0.15, 0.2) is 30.3 Å². The largest absolute Gasteiger partial charge is 0.368 e. The summed E-state index contributed by atoms with van der Waals surface area (Å²) in [5.41, 5.74) is 6.62. The summed E-state index contributed by atoms with van der Waals surface area (Å²) < 4.78 is 23.1. The summed E-state index contributed by atoms with van der Waals surface area (Å²) in [6.07, 6.45) is 0.600. The van der Waals surface area contributed by atoms with Crippen molar-refractivity contribution in [2.24, 2.45) is 0 Å². The van der Waals surface area contributed by atoms with Gasteiger partial charge >= 0.3 is 0 Å². The van der Waals surface area contributed by atoms with Crippen molar-refractivity contribution >= 4 is 27.4 Å². The van der Waals surface area contributed by atoms with Crippen LogP contribution >= 0.6 is 0 Å². The van der Waals surface area contributed by atoms with Gasteiger partial charge in [0.2, 0.25) is 11.9 Å². The van der Waals surface area contributed by atoms with Crippen molar-refractivity contribution in [1.82, 2.24) is 20.3 Å². The summed E-state index contributed by atoms with van der Waals surface area (Å²) in [6, 6.07) is 9.19. The maximum atomic E-state index is 11.6. The third-order valence-corrected chi connectivity index (χ3v) is 5.57. The van der Waals surface area contributed by atoms with Crippen molar-refractivity contribution in [3.8, 4) is 0 Å². The van der Waals surface area contributed by atoms with Gasteiger partial charge in [0.15, 0.2) is 15.7 Å². The molecule has 1 aromatic carbocycles. The Labute approximate surface area is 140 Å². The normalized spacial score (nSPS) is 20.6. The van der Waals surface area contributed by atoms with E-state index >= 15 is 0 Å². The second kappa shape index (κ2) is 6.70. The minimum absolute atomic E-state index is 0.0893. The van der Waals surface area contributed by atoms with E-state index in [-0.39, 0.29) is 29.5 Å². The number of nitrogens with one attached hydrogen (secondary N) is 2. The molecule has 0 saturated carbocycles. The standard InChI is InChI=1S/C15H20N6O2S/c1-10(17-12-7-8-24(22,23)9-12)13-19-14(16)21-15(20-13)18-11-5-3-2-4-6-11/h2-6,10,12,17H,7-9H2,1H3,(H3,16,18,19,20,21)/t10-,12+/m0/s1. The van der Waals surface area contributed by atoms with Gasteiger partial charge in [0.25, 0.3) is 0 Å². The Morgan fingerprint density at radius 2 is 1.96 bits per heavy atom. The van der Waals surface area contributed by atoms with Crippen LogP contribution in [0.1, 0.15) is 25.2 Å². The van der Waals surface area contributed by atoms with Crippen molar-refractivity contribution in [3.63, 3.8) is 0 Å². The van der Waals surface area contributed by atoms with Crippen molar-refractivity contribution < 1.29 is 8.42 Å². The number of nitrogens with two attached hydrogens (primary N) is 1. The Morgan fingerprint density at radius 3 is 2.62 bits per heavy atom. The number of anilines is 3. The monoisotopic (exact) mass is 348 g/mol. The topological polar surface area (TPSA) is 123 Å². The van der Waals surface area contributed by atoms with Crippen molar-refractivity contribution in [2.45, 2.75) is 25.4 Å².